The van der Waals surface area contributed by atoms with E-state index in [1.165, 1.54) is 0 Å². The van der Waals surface area contributed by atoms with E-state index in [0.29, 0.717) is 13.0 Å². The Morgan fingerprint density at radius 2 is 1.40 bits per heavy atom. The van der Waals surface area contributed by atoms with Gasteiger partial charge in [-0.25, -0.2) is 0 Å². The normalized spacial score (nSPS) is 9.47. The molecule has 0 atom stereocenters. The number of hydrogen-bond donors (Lipinski definition) is 0. The van der Waals surface area contributed by atoms with Gasteiger partial charge in [-0.3, -0.25) is 9.79 Å². The van der Waals surface area contributed by atoms with Crippen LogP contribution in [0.4, 0.5) is 0 Å². The topological polar surface area (TPSA) is 39.2 Å². The van der Waals surface area contributed by atoms with Crippen molar-refractivity contribution in [2.75, 3.05) is 48.8 Å². The van der Waals surface area contributed by atoms with Crippen LogP contribution in [0.1, 0.15) is 6.42 Å². The lowest BCUT2D eigenvalue weighted by Crippen LogP contribution is -2.35. The molecule has 0 aromatic rings. The van der Waals surface area contributed by atoms with E-state index < -0.39 is 0 Å². The summed E-state index contributed by atoms with van der Waals surface area (Å²) in [5.41, 5.74) is 0. The van der Waals surface area contributed by atoms with E-state index in [2.05, 4.69) is 4.99 Å². The molecule has 88 valence electrons. The minimum atomic E-state index is 0.107. The first-order chi connectivity index (χ1) is 6.86. The van der Waals surface area contributed by atoms with Crippen LogP contribution < -0.4 is 0 Å². The van der Waals surface area contributed by atoms with Crippen LogP contribution in [0.25, 0.3) is 0 Å². The molecular formula is C10H22N4O. The van der Waals surface area contributed by atoms with Crippen molar-refractivity contribution in [1.82, 2.24) is 14.7 Å². The summed E-state index contributed by atoms with van der Waals surface area (Å²) >= 11 is 0. The molecule has 0 saturated heterocycles. The number of rotatable bonds is 3. The van der Waals surface area contributed by atoms with Gasteiger partial charge in [0.1, 0.15) is 0 Å². The lowest BCUT2D eigenvalue weighted by molar-refractivity contribution is -0.128. The van der Waals surface area contributed by atoms with Gasteiger partial charge in [-0.05, 0) is 0 Å². The van der Waals surface area contributed by atoms with Crippen molar-refractivity contribution in [1.29, 1.82) is 0 Å². The van der Waals surface area contributed by atoms with Crippen LogP contribution in [-0.4, -0.2) is 75.4 Å². The molecule has 0 saturated carbocycles. The second-order valence-electron chi connectivity index (χ2n) is 4.01. The van der Waals surface area contributed by atoms with Gasteiger partial charge >= 0.3 is 0 Å². The first kappa shape index (κ1) is 13.7. The smallest absolute Gasteiger partial charge is 0.223 e. The van der Waals surface area contributed by atoms with Gasteiger partial charge < -0.3 is 14.7 Å². The van der Waals surface area contributed by atoms with Crippen LogP contribution in [-0.2, 0) is 4.79 Å². The highest BCUT2D eigenvalue weighted by atomic mass is 16.2. The number of carbonyl (C=O) groups is 1. The Morgan fingerprint density at radius 1 is 0.933 bits per heavy atom. The van der Waals surface area contributed by atoms with Crippen molar-refractivity contribution in [3.05, 3.63) is 0 Å². The third kappa shape index (κ3) is 5.24. The standard InChI is InChI=1S/C10H22N4O/c1-12(2)9(15)7-8-11-10(13(3)4)14(5)6/h7-8H2,1-6H3. The first-order valence-electron chi connectivity index (χ1n) is 4.95. The monoisotopic (exact) mass is 214 g/mol. The van der Waals surface area contributed by atoms with E-state index >= 15 is 0 Å². The van der Waals surface area contributed by atoms with E-state index in [9.17, 15) is 4.79 Å². The average Bonchev–Trinajstić information content (AvgIpc) is 2.10. The number of nitrogens with zero attached hydrogens (tertiary/aromatic N) is 4. The summed E-state index contributed by atoms with van der Waals surface area (Å²) in [7, 11) is 11.3. The van der Waals surface area contributed by atoms with Crippen LogP contribution in [0.15, 0.2) is 4.99 Å². The van der Waals surface area contributed by atoms with Gasteiger partial charge in [0.05, 0.1) is 6.54 Å². The molecule has 0 N–H and O–H groups in total. The fourth-order valence-electron chi connectivity index (χ4n) is 1.16. The number of amides is 1. The summed E-state index contributed by atoms with van der Waals surface area (Å²) in [4.78, 5) is 21.1. The first-order valence-corrected chi connectivity index (χ1v) is 4.95. The fraction of sp³-hybridized carbons (Fsp3) is 0.800. The van der Waals surface area contributed by atoms with Gasteiger partial charge in [-0.1, -0.05) is 0 Å². The lowest BCUT2D eigenvalue weighted by atomic mass is 10.4. The SMILES string of the molecule is CN(C)C(=O)CCN=C(N(C)C)N(C)C. The molecule has 5 heteroatoms. The van der Waals surface area contributed by atoms with E-state index in [4.69, 9.17) is 0 Å². The molecule has 15 heavy (non-hydrogen) atoms. The summed E-state index contributed by atoms with van der Waals surface area (Å²) < 4.78 is 0. The quantitative estimate of drug-likeness (QED) is 0.488. The molecule has 1 amide bonds. The molecule has 0 aliphatic carbocycles. The second kappa shape index (κ2) is 6.27. The summed E-state index contributed by atoms with van der Waals surface area (Å²) in [5, 5.41) is 0. The van der Waals surface area contributed by atoms with Crippen molar-refractivity contribution in [2.45, 2.75) is 6.42 Å². The molecule has 0 unspecified atom stereocenters. The minimum Gasteiger partial charge on any atom is -0.349 e. The molecule has 0 spiro atoms. The van der Waals surface area contributed by atoms with Gasteiger partial charge in [0.25, 0.3) is 0 Å². The Balaban J connectivity index is 4.18. The Hall–Kier alpha value is -1.26. The number of hydrogen-bond acceptors (Lipinski definition) is 2. The maximum Gasteiger partial charge on any atom is 0.223 e. The summed E-state index contributed by atoms with van der Waals surface area (Å²) in [6, 6.07) is 0. The van der Waals surface area contributed by atoms with Crippen molar-refractivity contribution in [3.63, 3.8) is 0 Å². The van der Waals surface area contributed by atoms with E-state index in [1.54, 1.807) is 19.0 Å². The van der Waals surface area contributed by atoms with Crippen molar-refractivity contribution in [2.24, 2.45) is 4.99 Å². The third-order valence-electron chi connectivity index (χ3n) is 1.88. The van der Waals surface area contributed by atoms with Crippen molar-refractivity contribution in [3.8, 4) is 0 Å². The largest absolute Gasteiger partial charge is 0.349 e. The second-order valence-corrected chi connectivity index (χ2v) is 4.01. The van der Waals surface area contributed by atoms with Crippen molar-refractivity contribution < 1.29 is 4.79 Å². The van der Waals surface area contributed by atoms with Crippen LogP contribution in [0.3, 0.4) is 0 Å². The Bertz CT molecular complexity index is 224. The van der Waals surface area contributed by atoms with E-state index in [0.717, 1.165) is 5.96 Å². The molecule has 0 aromatic carbocycles. The van der Waals surface area contributed by atoms with Crippen molar-refractivity contribution >= 4 is 11.9 Å². The van der Waals surface area contributed by atoms with Crippen LogP contribution in [0, 0.1) is 0 Å². The highest BCUT2D eigenvalue weighted by molar-refractivity contribution is 5.80. The van der Waals surface area contributed by atoms with Crippen LogP contribution in [0.2, 0.25) is 0 Å². The number of aliphatic imine (C=N–C) groups is 1. The average molecular weight is 214 g/mol. The predicted molar refractivity (Wildman–Crippen MR) is 63.0 cm³/mol. The van der Waals surface area contributed by atoms with Crippen LogP contribution >= 0.6 is 0 Å². The number of carbonyl (C=O) groups excluding carboxylic acids is 1. The molecule has 0 rings (SSSR count). The molecule has 0 radical (unpaired) electrons. The molecule has 0 fully saturated rings. The molecular weight excluding hydrogens is 192 g/mol. The molecule has 0 aromatic heterocycles. The van der Waals surface area contributed by atoms with E-state index in [1.807, 2.05) is 38.0 Å². The molecule has 0 aliphatic heterocycles. The highest BCUT2D eigenvalue weighted by Crippen LogP contribution is 1.93. The highest BCUT2D eigenvalue weighted by Gasteiger charge is 2.06. The third-order valence-corrected chi connectivity index (χ3v) is 1.88. The van der Waals surface area contributed by atoms with Gasteiger partial charge in [-0.2, -0.15) is 0 Å². The zero-order chi connectivity index (χ0) is 12.0. The Morgan fingerprint density at radius 3 is 1.73 bits per heavy atom. The fourth-order valence-corrected chi connectivity index (χ4v) is 1.16. The molecule has 0 bridgehead atoms. The maximum atomic E-state index is 11.3. The van der Waals surface area contributed by atoms with E-state index in [-0.39, 0.29) is 5.91 Å². The van der Waals surface area contributed by atoms with Gasteiger partial charge in [0.2, 0.25) is 5.91 Å². The summed E-state index contributed by atoms with van der Waals surface area (Å²) in [5.74, 6) is 0.983. The zero-order valence-corrected chi connectivity index (χ0v) is 10.6. The minimum absolute atomic E-state index is 0.107. The Labute approximate surface area is 92.4 Å². The maximum absolute atomic E-state index is 11.3. The lowest BCUT2D eigenvalue weighted by Gasteiger charge is -2.22. The van der Waals surface area contributed by atoms with Gasteiger partial charge in [0.15, 0.2) is 5.96 Å². The Kier molecular flexibility index (Phi) is 5.74. The summed E-state index contributed by atoms with van der Waals surface area (Å²) in [6.07, 6.45) is 0.457. The van der Waals surface area contributed by atoms with Crippen LogP contribution in [0.5, 0.6) is 0 Å². The van der Waals surface area contributed by atoms with Gasteiger partial charge in [0, 0.05) is 48.7 Å². The molecule has 5 nitrogen and oxygen atoms in total. The number of guanidine groups is 1. The molecule has 0 aliphatic rings. The van der Waals surface area contributed by atoms with Gasteiger partial charge in [-0.15, -0.1) is 0 Å². The predicted octanol–water partition coefficient (Wildman–Crippen LogP) is -0.0561. The zero-order valence-electron chi connectivity index (χ0n) is 10.6. The summed E-state index contributed by atoms with van der Waals surface area (Å²) in [6.45, 7) is 0.530. The molecule has 0 heterocycles.